The third-order valence-electron chi connectivity index (χ3n) is 4.21. The standard InChI is InChI=1S/C16H23BrN2O/c17-14-7-5-13(6-8-14)16(9-1-2-10-16)15(20)19-12-4-3-11-18/h5-8H,1-4,9-12,18H2,(H,19,20). The summed E-state index contributed by atoms with van der Waals surface area (Å²) >= 11 is 3.46. The first kappa shape index (κ1) is 15.5. The number of benzene rings is 1. The molecule has 0 saturated heterocycles. The number of nitrogens with one attached hydrogen (secondary N) is 1. The topological polar surface area (TPSA) is 55.1 Å². The molecule has 3 N–H and O–H groups in total. The predicted octanol–water partition coefficient (Wildman–Crippen LogP) is 3.12. The minimum absolute atomic E-state index is 0.189. The van der Waals surface area contributed by atoms with Crippen molar-refractivity contribution in [3.05, 3.63) is 34.3 Å². The first-order chi connectivity index (χ1) is 9.69. The van der Waals surface area contributed by atoms with Crippen molar-refractivity contribution in [2.45, 2.75) is 43.9 Å². The Bertz CT molecular complexity index is 438. The Morgan fingerprint density at radius 1 is 1.20 bits per heavy atom. The molecule has 1 amide bonds. The van der Waals surface area contributed by atoms with Crippen LogP contribution in [0.2, 0.25) is 0 Å². The lowest BCUT2D eigenvalue weighted by molar-refractivity contribution is -0.126. The smallest absolute Gasteiger partial charge is 0.230 e. The fourth-order valence-corrected chi connectivity index (χ4v) is 3.30. The highest BCUT2D eigenvalue weighted by Crippen LogP contribution is 2.41. The van der Waals surface area contributed by atoms with Crippen LogP contribution in [0.1, 0.15) is 44.1 Å². The zero-order valence-electron chi connectivity index (χ0n) is 11.8. The zero-order valence-corrected chi connectivity index (χ0v) is 13.4. The molecule has 20 heavy (non-hydrogen) atoms. The molecule has 0 unspecified atom stereocenters. The van der Waals surface area contributed by atoms with E-state index in [9.17, 15) is 4.79 Å². The molecular weight excluding hydrogens is 316 g/mol. The molecule has 0 spiro atoms. The first-order valence-electron chi connectivity index (χ1n) is 7.43. The summed E-state index contributed by atoms with van der Waals surface area (Å²) in [6.45, 7) is 1.42. The molecule has 0 aliphatic heterocycles. The molecule has 0 bridgehead atoms. The van der Waals surface area contributed by atoms with Crippen molar-refractivity contribution < 1.29 is 4.79 Å². The quantitative estimate of drug-likeness (QED) is 0.783. The number of hydrogen-bond donors (Lipinski definition) is 2. The molecule has 0 atom stereocenters. The fourth-order valence-electron chi connectivity index (χ4n) is 3.03. The molecule has 0 radical (unpaired) electrons. The van der Waals surface area contributed by atoms with E-state index in [0.29, 0.717) is 6.54 Å². The average molecular weight is 339 g/mol. The van der Waals surface area contributed by atoms with Gasteiger partial charge in [-0.05, 0) is 49.9 Å². The van der Waals surface area contributed by atoms with E-state index in [0.717, 1.165) is 55.1 Å². The van der Waals surface area contributed by atoms with E-state index in [1.807, 2.05) is 12.1 Å². The summed E-state index contributed by atoms with van der Waals surface area (Å²) in [6.07, 6.45) is 6.09. The summed E-state index contributed by atoms with van der Waals surface area (Å²) in [5, 5.41) is 3.11. The number of nitrogens with two attached hydrogens (primary N) is 1. The van der Waals surface area contributed by atoms with Crippen LogP contribution >= 0.6 is 15.9 Å². The first-order valence-corrected chi connectivity index (χ1v) is 8.23. The van der Waals surface area contributed by atoms with Gasteiger partial charge in [0.15, 0.2) is 0 Å². The number of halogens is 1. The van der Waals surface area contributed by atoms with Crippen LogP contribution in [0.25, 0.3) is 0 Å². The SMILES string of the molecule is NCCCCNC(=O)C1(c2ccc(Br)cc2)CCCC1. The van der Waals surface area contributed by atoms with Crippen LogP contribution in [0, 0.1) is 0 Å². The van der Waals surface area contributed by atoms with Crippen molar-refractivity contribution in [3.63, 3.8) is 0 Å². The zero-order chi connectivity index (χ0) is 14.4. The van der Waals surface area contributed by atoms with E-state index in [2.05, 4.69) is 33.4 Å². The number of unbranched alkanes of at least 4 members (excludes halogenated alkanes) is 1. The molecule has 1 aromatic rings. The second-order valence-electron chi connectivity index (χ2n) is 5.55. The van der Waals surface area contributed by atoms with E-state index in [-0.39, 0.29) is 11.3 Å². The van der Waals surface area contributed by atoms with Gasteiger partial charge in [0.2, 0.25) is 5.91 Å². The molecule has 0 heterocycles. The van der Waals surface area contributed by atoms with Gasteiger partial charge in [0.25, 0.3) is 0 Å². The van der Waals surface area contributed by atoms with Gasteiger partial charge >= 0.3 is 0 Å². The van der Waals surface area contributed by atoms with E-state index < -0.39 is 0 Å². The molecule has 0 aromatic heterocycles. The normalized spacial score (nSPS) is 17.1. The van der Waals surface area contributed by atoms with Crippen molar-refractivity contribution >= 4 is 21.8 Å². The molecule has 1 aliphatic carbocycles. The van der Waals surface area contributed by atoms with Gasteiger partial charge in [-0.2, -0.15) is 0 Å². The van der Waals surface area contributed by atoms with Crippen LogP contribution in [0.15, 0.2) is 28.7 Å². The highest BCUT2D eigenvalue weighted by atomic mass is 79.9. The lowest BCUT2D eigenvalue weighted by atomic mass is 9.78. The maximum Gasteiger partial charge on any atom is 0.230 e. The Morgan fingerprint density at radius 3 is 2.45 bits per heavy atom. The summed E-state index contributed by atoms with van der Waals surface area (Å²) in [4.78, 5) is 12.7. The van der Waals surface area contributed by atoms with Gasteiger partial charge < -0.3 is 11.1 Å². The molecule has 4 heteroatoms. The number of carbonyl (C=O) groups excluding carboxylic acids is 1. The van der Waals surface area contributed by atoms with Gasteiger partial charge in [-0.1, -0.05) is 40.9 Å². The Balaban J connectivity index is 2.09. The van der Waals surface area contributed by atoms with Crippen molar-refractivity contribution in [1.82, 2.24) is 5.32 Å². The minimum atomic E-state index is -0.316. The van der Waals surface area contributed by atoms with E-state index in [1.165, 1.54) is 0 Å². The maximum atomic E-state index is 12.7. The molecule has 3 nitrogen and oxygen atoms in total. The number of hydrogen-bond acceptors (Lipinski definition) is 2. The van der Waals surface area contributed by atoms with Crippen LogP contribution in [-0.4, -0.2) is 19.0 Å². The second-order valence-corrected chi connectivity index (χ2v) is 6.46. The van der Waals surface area contributed by atoms with Crippen LogP contribution in [0.3, 0.4) is 0 Å². The van der Waals surface area contributed by atoms with Gasteiger partial charge in [-0.3, -0.25) is 4.79 Å². The predicted molar refractivity (Wildman–Crippen MR) is 85.6 cm³/mol. The summed E-state index contributed by atoms with van der Waals surface area (Å²) < 4.78 is 1.05. The summed E-state index contributed by atoms with van der Waals surface area (Å²) in [7, 11) is 0. The molecule has 2 rings (SSSR count). The highest BCUT2D eigenvalue weighted by molar-refractivity contribution is 9.10. The average Bonchev–Trinajstić information content (AvgIpc) is 2.95. The van der Waals surface area contributed by atoms with Crippen molar-refractivity contribution in [3.8, 4) is 0 Å². The third-order valence-corrected chi connectivity index (χ3v) is 4.73. The van der Waals surface area contributed by atoms with E-state index in [1.54, 1.807) is 0 Å². The van der Waals surface area contributed by atoms with Crippen LogP contribution in [-0.2, 0) is 10.2 Å². The van der Waals surface area contributed by atoms with Gasteiger partial charge in [0, 0.05) is 11.0 Å². The second kappa shape index (κ2) is 7.23. The fraction of sp³-hybridized carbons (Fsp3) is 0.562. The Kier molecular flexibility index (Phi) is 5.61. The van der Waals surface area contributed by atoms with Crippen molar-refractivity contribution in [2.24, 2.45) is 5.73 Å². The number of rotatable bonds is 6. The lowest BCUT2D eigenvalue weighted by Crippen LogP contribution is -2.43. The number of carbonyl (C=O) groups is 1. The maximum absolute atomic E-state index is 12.7. The third kappa shape index (κ3) is 3.41. The highest BCUT2D eigenvalue weighted by Gasteiger charge is 2.42. The van der Waals surface area contributed by atoms with Crippen LogP contribution in [0.5, 0.6) is 0 Å². The lowest BCUT2D eigenvalue weighted by Gasteiger charge is -2.28. The molecule has 110 valence electrons. The van der Waals surface area contributed by atoms with Gasteiger partial charge in [-0.15, -0.1) is 0 Å². The molecular formula is C16H23BrN2O. The van der Waals surface area contributed by atoms with E-state index in [4.69, 9.17) is 5.73 Å². The Labute approximate surface area is 129 Å². The molecule has 1 aromatic carbocycles. The van der Waals surface area contributed by atoms with Gasteiger partial charge in [0.05, 0.1) is 5.41 Å². The van der Waals surface area contributed by atoms with Crippen molar-refractivity contribution in [2.75, 3.05) is 13.1 Å². The summed E-state index contributed by atoms with van der Waals surface area (Å²) in [5.41, 5.74) is 6.31. The Morgan fingerprint density at radius 2 is 1.85 bits per heavy atom. The van der Waals surface area contributed by atoms with Crippen LogP contribution in [0.4, 0.5) is 0 Å². The van der Waals surface area contributed by atoms with Gasteiger partial charge in [-0.25, -0.2) is 0 Å². The van der Waals surface area contributed by atoms with Crippen LogP contribution < -0.4 is 11.1 Å². The minimum Gasteiger partial charge on any atom is -0.355 e. The molecule has 1 fully saturated rings. The monoisotopic (exact) mass is 338 g/mol. The van der Waals surface area contributed by atoms with Gasteiger partial charge in [0.1, 0.15) is 0 Å². The van der Waals surface area contributed by atoms with E-state index >= 15 is 0 Å². The molecule has 1 saturated carbocycles. The number of amides is 1. The van der Waals surface area contributed by atoms with Crippen molar-refractivity contribution in [1.29, 1.82) is 0 Å². The summed E-state index contributed by atoms with van der Waals surface area (Å²) in [6, 6.07) is 8.21. The molecule has 1 aliphatic rings. The Hall–Kier alpha value is -0.870. The largest absolute Gasteiger partial charge is 0.355 e. The summed E-state index contributed by atoms with van der Waals surface area (Å²) in [5.74, 6) is 0.189.